The highest BCUT2D eigenvalue weighted by Gasteiger charge is 2.17. The zero-order valence-electron chi connectivity index (χ0n) is 14.0. The summed E-state index contributed by atoms with van der Waals surface area (Å²) in [5.74, 6) is 1.36. The van der Waals surface area contributed by atoms with Crippen molar-refractivity contribution in [2.45, 2.75) is 51.8 Å². The van der Waals surface area contributed by atoms with Crippen LogP contribution in [0.4, 0.5) is 5.13 Å². The van der Waals surface area contributed by atoms with Gasteiger partial charge in [0, 0.05) is 16.7 Å². The van der Waals surface area contributed by atoms with E-state index in [1.54, 1.807) is 11.8 Å². The molecule has 124 valence electrons. The standard InChI is InChI=1S/C16H27N3OS2/c1-12-5-7-19(8-6-12)9-13-10-21-15(17-13)18-14(20)11-22-16(2,3)4/h10,12H,5-9,11H2,1-4H3,(H,17,18,20). The van der Waals surface area contributed by atoms with E-state index >= 15 is 0 Å². The molecule has 1 fully saturated rings. The van der Waals surface area contributed by atoms with Gasteiger partial charge in [-0.25, -0.2) is 4.98 Å². The van der Waals surface area contributed by atoms with Crippen LogP contribution in [0.3, 0.4) is 0 Å². The summed E-state index contributed by atoms with van der Waals surface area (Å²) in [6.07, 6.45) is 2.55. The number of piperidine rings is 1. The minimum absolute atomic E-state index is 0.0348. The number of hydrogen-bond acceptors (Lipinski definition) is 5. The number of nitrogens with zero attached hydrogens (tertiary/aromatic N) is 2. The van der Waals surface area contributed by atoms with Gasteiger partial charge in [-0.15, -0.1) is 23.1 Å². The summed E-state index contributed by atoms with van der Waals surface area (Å²) in [7, 11) is 0. The van der Waals surface area contributed by atoms with E-state index in [4.69, 9.17) is 0 Å². The van der Waals surface area contributed by atoms with Gasteiger partial charge in [0.05, 0.1) is 11.4 Å². The summed E-state index contributed by atoms with van der Waals surface area (Å²) in [6.45, 7) is 11.9. The van der Waals surface area contributed by atoms with E-state index < -0.39 is 0 Å². The number of likely N-dealkylation sites (tertiary alicyclic amines) is 1. The quantitative estimate of drug-likeness (QED) is 0.884. The van der Waals surface area contributed by atoms with Gasteiger partial charge in [-0.3, -0.25) is 9.69 Å². The molecule has 0 radical (unpaired) electrons. The first-order valence-corrected chi connectivity index (χ1v) is 9.79. The number of anilines is 1. The Labute approximate surface area is 142 Å². The molecule has 0 aromatic carbocycles. The maximum Gasteiger partial charge on any atom is 0.236 e. The number of amides is 1. The van der Waals surface area contributed by atoms with Crippen LogP contribution in [0.25, 0.3) is 0 Å². The Morgan fingerprint density at radius 1 is 1.45 bits per heavy atom. The lowest BCUT2D eigenvalue weighted by atomic mass is 9.99. The van der Waals surface area contributed by atoms with Crippen molar-refractivity contribution in [1.29, 1.82) is 0 Å². The molecule has 0 atom stereocenters. The second kappa shape index (κ2) is 7.79. The van der Waals surface area contributed by atoms with Crippen LogP contribution in [-0.4, -0.2) is 39.4 Å². The molecular formula is C16H27N3OS2. The van der Waals surface area contributed by atoms with Crippen LogP contribution in [0.15, 0.2) is 5.38 Å². The van der Waals surface area contributed by atoms with E-state index in [0.717, 1.165) is 36.4 Å². The van der Waals surface area contributed by atoms with Gasteiger partial charge in [-0.1, -0.05) is 27.7 Å². The van der Waals surface area contributed by atoms with Gasteiger partial charge in [0.2, 0.25) is 5.91 Å². The van der Waals surface area contributed by atoms with Crippen LogP contribution in [0.1, 0.15) is 46.2 Å². The number of thiazole rings is 1. The van der Waals surface area contributed by atoms with Crippen molar-refractivity contribution >= 4 is 34.1 Å². The summed E-state index contributed by atoms with van der Waals surface area (Å²) in [6, 6.07) is 0. The molecule has 0 unspecified atom stereocenters. The van der Waals surface area contributed by atoms with E-state index in [0.29, 0.717) is 5.75 Å². The van der Waals surface area contributed by atoms with E-state index in [-0.39, 0.29) is 10.7 Å². The highest BCUT2D eigenvalue weighted by Crippen LogP contribution is 2.24. The minimum atomic E-state index is 0.0348. The Morgan fingerprint density at radius 3 is 2.77 bits per heavy atom. The van der Waals surface area contributed by atoms with E-state index in [9.17, 15) is 4.79 Å². The van der Waals surface area contributed by atoms with Crippen LogP contribution >= 0.6 is 23.1 Å². The summed E-state index contributed by atoms with van der Waals surface area (Å²) in [4.78, 5) is 18.9. The van der Waals surface area contributed by atoms with Crippen LogP contribution in [0.5, 0.6) is 0 Å². The number of rotatable bonds is 5. The van der Waals surface area contributed by atoms with Crippen molar-refractivity contribution < 1.29 is 4.79 Å². The maximum absolute atomic E-state index is 11.9. The molecule has 1 aromatic heterocycles. The van der Waals surface area contributed by atoms with Gasteiger partial charge in [0.25, 0.3) is 0 Å². The van der Waals surface area contributed by atoms with E-state index in [2.05, 4.69) is 48.3 Å². The lowest BCUT2D eigenvalue weighted by molar-refractivity contribution is -0.113. The number of aromatic nitrogens is 1. The third-order valence-corrected chi connectivity index (χ3v) is 5.78. The highest BCUT2D eigenvalue weighted by atomic mass is 32.2. The number of thioether (sulfide) groups is 1. The van der Waals surface area contributed by atoms with Gasteiger partial charge in [0.15, 0.2) is 5.13 Å². The average Bonchev–Trinajstić information content (AvgIpc) is 2.86. The smallest absolute Gasteiger partial charge is 0.236 e. The van der Waals surface area contributed by atoms with Crippen molar-refractivity contribution in [3.63, 3.8) is 0 Å². The lowest BCUT2D eigenvalue weighted by Crippen LogP contribution is -2.32. The number of nitrogens with one attached hydrogen (secondary N) is 1. The van der Waals surface area contributed by atoms with Crippen molar-refractivity contribution in [2.75, 3.05) is 24.2 Å². The molecule has 2 rings (SSSR count). The third kappa shape index (κ3) is 6.26. The average molecular weight is 342 g/mol. The molecular weight excluding hydrogens is 314 g/mol. The fourth-order valence-corrected chi connectivity index (χ4v) is 3.68. The van der Waals surface area contributed by atoms with Crippen LogP contribution in [0.2, 0.25) is 0 Å². The Hall–Kier alpha value is -0.590. The molecule has 0 saturated carbocycles. The fourth-order valence-electron chi connectivity index (χ4n) is 2.32. The molecule has 1 aromatic rings. The normalized spacial score (nSPS) is 17.6. The van der Waals surface area contributed by atoms with Gasteiger partial charge >= 0.3 is 0 Å². The van der Waals surface area contributed by atoms with Crippen molar-refractivity contribution in [3.8, 4) is 0 Å². The largest absolute Gasteiger partial charge is 0.301 e. The fraction of sp³-hybridized carbons (Fsp3) is 0.750. The van der Waals surface area contributed by atoms with E-state index in [1.165, 1.54) is 24.2 Å². The molecule has 0 aliphatic carbocycles. The number of carbonyl (C=O) groups is 1. The summed E-state index contributed by atoms with van der Waals surface area (Å²) < 4.78 is 0.108. The second-order valence-corrected chi connectivity index (χ2v) is 9.71. The SMILES string of the molecule is CC1CCN(Cc2csc(NC(=O)CSC(C)(C)C)n2)CC1. The predicted octanol–water partition coefficient (Wildman–Crippen LogP) is 3.85. The first-order valence-electron chi connectivity index (χ1n) is 7.92. The predicted molar refractivity (Wildman–Crippen MR) is 96.6 cm³/mol. The number of hydrogen-bond donors (Lipinski definition) is 1. The summed E-state index contributed by atoms with van der Waals surface area (Å²) in [5, 5.41) is 5.69. The lowest BCUT2D eigenvalue weighted by Gasteiger charge is -2.29. The maximum atomic E-state index is 11.9. The minimum Gasteiger partial charge on any atom is -0.301 e. The Kier molecular flexibility index (Phi) is 6.29. The second-order valence-electron chi connectivity index (χ2n) is 7.05. The molecule has 4 nitrogen and oxygen atoms in total. The van der Waals surface area contributed by atoms with E-state index in [1.807, 2.05) is 0 Å². The van der Waals surface area contributed by atoms with Gasteiger partial charge in [0.1, 0.15) is 0 Å². The molecule has 22 heavy (non-hydrogen) atoms. The van der Waals surface area contributed by atoms with Crippen LogP contribution < -0.4 is 5.32 Å². The van der Waals surface area contributed by atoms with Crippen molar-refractivity contribution in [3.05, 3.63) is 11.1 Å². The van der Waals surface area contributed by atoms with Gasteiger partial charge < -0.3 is 5.32 Å². The molecule has 2 heterocycles. The Balaban J connectivity index is 1.77. The zero-order valence-corrected chi connectivity index (χ0v) is 15.6. The summed E-state index contributed by atoms with van der Waals surface area (Å²) >= 11 is 3.17. The first kappa shape index (κ1) is 17.8. The Morgan fingerprint density at radius 2 is 2.14 bits per heavy atom. The molecule has 1 aliphatic heterocycles. The molecule has 0 bridgehead atoms. The van der Waals surface area contributed by atoms with Crippen LogP contribution in [0, 0.1) is 5.92 Å². The zero-order chi connectivity index (χ0) is 16.2. The molecule has 0 spiro atoms. The molecule has 1 amide bonds. The molecule has 1 N–H and O–H groups in total. The van der Waals surface area contributed by atoms with Gasteiger partial charge in [-0.05, 0) is 31.8 Å². The first-order chi connectivity index (χ1) is 10.3. The van der Waals surface area contributed by atoms with Crippen LogP contribution in [-0.2, 0) is 11.3 Å². The Bertz CT molecular complexity index is 488. The highest BCUT2D eigenvalue weighted by molar-refractivity contribution is 8.01. The third-order valence-electron chi connectivity index (χ3n) is 3.70. The van der Waals surface area contributed by atoms with Gasteiger partial charge in [-0.2, -0.15) is 0 Å². The van der Waals surface area contributed by atoms with Crippen molar-refractivity contribution in [2.24, 2.45) is 5.92 Å². The van der Waals surface area contributed by atoms with Crippen molar-refractivity contribution in [1.82, 2.24) is 9.88 Å². The topological polar surface area (TPSA) is 45.2 Å². The molecule has 6 heteroatoms. The molecule has 1 aliphatic rings. The molecule has 1 saturated heterocycles. The summed E-state index contributed by atoms with van der Waals surface area (Å²) in [5.41, 5.74) is 1.07. The monoisotopic (exact) mass is 341 g/mol. The number of carbonyl (C=O) groups excluding carboxylic acids is 1.